The first-order valence-electron chi connectivity index (χ1n) is 5.90. The van der Waals surface area contributed by atoms with Crippen LogP contribution in [0, 0.1) is 6.92 Å². The highest BCUT2D eigenvalue weighted by Gasteiger charge is 2.30. The molecule has 0 aliphatic rings. The molecule has 0 radical (unpaired) electrons. The molecular formula is C15H16Br2S. The van der Waals surface area contributed by atoms with Gasteiger partial charge in [-0.1, -0.05) is 61.7 Å². The summed E-state index contributed by atoms with van der Waals surface area (Å²) < 4.78 is 0. The van der Waals surface area contributed by atoms with E-state index >= 15 is 0 Å². The summed E-state index contributed by atoms with van der Waals surface area (Å²) in [6.45, 7) is 2.13. The normalized spacial score (nSPS) is 11.7. The van der Waals surface area contributed by atoms with Crippen LogP contribution in [0.25, 0.3) is 0 Å². The topological polar surface area (TPSA) is 0 Å². The number of alkyl halides is 2. The van der Waals surface area contributed by atoms with Crippen LogP contribution in [0.1, 0.15) is 16.7 Å². The molecule has 1 aromatic heterocycles. The van der Waals surface area contributed by atoms with Crippen molar-refractivity contribution in [3.05, 3.63) is 57.8 Å². The summed E-state index contributed by atoms with van der Waals surface area (Å²) in [7, 11) is 0. The molecule has 0 N–H and O–H groups in total. The summed E-state index contributed by atoms with van der Waals surface area (Å²) in [5, 5.41) is 6.32. The molecule has 0 saturated carbocycles. The maximum absolute atomic E-state index is 3.71. The highest BCUT2D eigenvalue weighted by molar-refractivity contribution is 9.09. The largest absolute Gasteiger partial charge is 0.152 e. The molecule has 0 aliphatic carbocycles. The van der Waals surface area contributed by atoms with Gasteiger partial charge in [0.1, 0.15) is 0 Å². The van der Waals surface area contributed by atoms with Gasteiger partial charge in [0.25, 0.3) is 0 Å². The predicted octanol–water partition coefficient (Wildman–Crippen LogP) is 5.33. The third-order valence-corrected chi connectivity index (χ3v) is 6.18. The number of aryl methyl sites for hydroxylation is 1. The lowest BCUT2D eigenvalue weighted by Crippen LogP contribution is -2.32. The molecule has 0 unspecified atom stereocenters. The van der Waals surface area contributed by atoms with E-state index in [0.717, 1.165) is 17.1 Å². The number of benzene rings is 1. The van der Waals surface area contributed by atoms with E-state index in [1.807, 2.05) is 0 Å². The van der Waals surface area contributed by atoms with Gasteiger partial charge in [-0.2, -0.15) is 11.3 Å². The molecule has 0 bridgehead atoms. The van der Waals surface area contributed by atoms with E-state index in [4.69, 9.17) is 0 Å². The fourth-order valence-electron chi connectivity index (χ4n) is 2.08. The Morgan fingerprint density at radius 3 is 2.22 bits per heavy atom. The van der Waals surface area contributed by atoms with Crippen molar-refractivity contribution in [2.45, 2.75) is 18.8 Å². The van der Waals surface area contributed by atoms with Crippen LogP contribution in [0.5, 0.6) is 0 Å². The lowest BCUT2D eigenvalue weighted by atomic mass is 9.79. The number of hydrogen-bond donors (Lipinski definition) is 0. The molecular weight excluding hydrogens is 372 g/mol. The van der Waals surface area contributed by atoms with Gasteiger partial charge in [-0.3, -0.25) is 0 Å². The first-order chi connectivity index (χ1) is 8.70. The number of hydrogen-bond acceptors (Lipinski definition) is 1. The number of rotatable bonds is 5. The van der Waals surface area contributed by atoms with Crippen LogP contribution in [0.2, 0.25) is 0 Å². The summed E-state index contributed by atoms with van der Waals surface area (Å²) in [5.41, 5.74) is 4.26. The van der Waals surface area contributed by atoms with Gasteiger partial charge < -0.3 is 0 Å². The Morgan fingerprint density at radius 1 is 1.06 bits per heavy atom. The van der Waals surface area contributed by atoms with Crippen molar-refractivity contribution in [2.24, 2.45) is 0 Å². The van der Waals surface area contributed by atoms with Gasteiger partial charge in [-0.15, -0.1) is 0 Å². The standard InChI is InChI=1S/C15H16Br2S/c1-12-2-4-14(5-3-12)15(10-16,11-17)8-13-6-7-18-9-13/h2-7,9H,8,10-11H2,1H3. The van der Waals surface area contributed by atoms with E-state index in [2.05, 4.69) is 79.9 Å². The van der Waals surface area contributed by atoms with Crippen molar-refractivity contribution in [1.29, 1.82) is 0 Å². The molecule has 96 valence electrons. The maximum atomic E-state index is 3.71. The van der Waals surface area contributed by atoms with Crippen molar-refractivity contribution >= 4 is 43.2 Å². The second kappa shape index (κ2) is 6.36. The Kier molecular flexibility index (Phi) is 5.05. The molecule has 0 nitrogen and oxygen atoms in total. The van der Waals surface area contributed by atoms with Gasteiger partial charge in [0.2, 0.25) is 0 Å². The molecule has 2 aromatic rings. The predicted molar refractivity (Wildman–Crippen MR) is 88.5 cm³/mol. The lowest BCUT2D eigenvalue weighted by molar-refractivity contribution is 0.552. The number of thiophene rings is 1. The monoisotopic (exact) mass is 386 g/mol. The molecule has 18 heavy (non-hydrogen) atoms. The van der Waals surface area contributed by atoms with E-state index < -0.39 is 0 Å². The quantitative estimate of drug-likeness (QED) is 0.608. The number of halogens is 2. The molecule has 1 aromatic carbocycles. The Hall–Kier alpha value is -0.120. The zero-order chi connectivity index (χ0) is 13.0. The van der Waals surface area contributed by atoms with Crippen molar-refractivity contribution < 1.29 is 0 Å². The van der Waals surface area contributed by atoms with Gasteiger partial charge in [0, 0.05) is 16.1 Å². The zero-order valence-electron chi connectivity index (χ0n) is 10.3. The van der Waals surface area contributed by atoms with Gasteiger partial charge in [-0.25, -0.2) is 0 Å². The molecule has 3 heteroatoms. The van der Waals surface area contributed by atoms with Crippen LogP contribution in [0.3, 0.4) is 0 Å². The second-order valence-corrected chi connectivity index (χ2v) is 6.62. The van der Waals surface area contributed by atoms with E-state index in [9.17, 15) is 0 Å². The van der Waals surface area contributed by atoms with Crippen LogP contribution in [-0.2, 0) is 11.8 Å². The van der Waals surface area contributed by atoms with Crippen molar-refractivity contribution in [1.82, 2.24) is 0 Å². The third kappa shape index (κ3) is 3.06. The van der Waals surface area contributed by atoms with Crippen LogP contribution in [0.4, 0.5) is 0 Å². The van der Waals surface area contributed by atoms with Crippen molar-refractivity contribution in [3.63, 3.8) is 0 Å². The molecule has 0 amide bonds. The summed E-state index contributed by atoms with van der Waals surface area (Å²) in [4.78, 5) is 0. The first-order valence-corrected chi connectivity index (χ1v) is 9.09. The second-order valence-electron chi connectivity index (χ2n) is 4.72. The summed E-state index contributed by atoms with van der Waals surface area (Å²) in [6.07, 6.45) is 1.07. The minimum atomic E-state index is 0.134. The van der Waals surface area contributed by atoms with Gasteiger partial charge in [-0.05, 0) is 41.3 Å². The summed E-state index contributed by atoms with van der Waals surface area (Å²) in [6, 6.07) is 11.1. The zero-order valence-corrected chi connectivity index (χ0v) is 14.3. The third-order valence-electron chi connectivity index (χ3n) is 3.30. The van der Waals surface area contributed by atoms with Gasteiger partial charge in [0.05, 0.1) is 0 Å². The van der Waals surface area contributed by atoms with Gasteiger partial charge in [0.15, 0.2) is 0 Å². The summed E-state index contributed by atoms with van der Waals surface area (Å²) >= 11 is 9.18. The molecule has 0 saturated heterocycles. The SMILES string of the molecule is Cc1ccc(C(CBr)(CBr)Cc2ccsc2)cc1. The van der Waals surface area contributed by atoms with Crippen molar-refractivity contribution in [2.75, 3.05) is 10.7 Å². The first kappa shape index (κ1) is 14.3. The smallest absolute Gasteiger partial charge is 0.0187 e. The molecule has 0 aliphatic heterocycles. The van der Waals surface area contributed by atoms with Crippen LogP contribution >= 0.6 is 43.2 Å². The fraction of sp³-hybridized carbons (Fsp3) is 0.333. The Balaban J connectivity index is 2.33. The van der Waals surface area contributed by atoms with Crippen molar-refractivity contribution in [3.8, 4) is 0 Å². The van der Waals surface area contributed by atoms with E-state index in [1.54, 1.807) is 11.3 Å². The highest BCUT2D eigenvalue weighted by atomic mass is 79.9. The van der Waals surface area contributed by atoms with Crippen LogP contribution in [-0.4, -0.2) is 10.7 Å². The Labute approximate surface area is 130 Å². The average Bonchev–Trinajstić information content (AvgIpc) is 2.90. The van der Waals surface area contributed by atoms with Crippen LogP contribution in [0.15, 0.2) is 41.1 Å². The Morgan fingerprint density at radius 2 is 1.72 bits per heavy atom. The van der Waals surface area contributed by atoms with Crippen LogP contribution < -0.4 is 0 Å². The highest BCUT2D eigenvalue weighted by Crippen LogP contribution is 2.33. The molecule has 0 fully saturated rings. The average molecular weight is 388 g/mol. The molecule has 2 rings (SSSR count). The minimum Gasteiger partial charge on any atom is -0.152 e. The van der Waals surface area contributed by atoms with E-state index in [0.29, 0.717) is 0 Å². The van der Waals surface area contributed by atoms with E-state index in [1.165, 1.54) is 16.7 Å². The Bertz CT molecular complexity index is 470. The molecule has 0 spiro atoms. The molecule has 0 atom stereocenters. The summed E-state index contributed by atoms with van der Waals surface area (Å²) in [5.74, 6) is 0. The lowest BCUT2D eigenvalue weighted by Gasteiger charge is -2.30. The van der Waals surface area contributed by atoms with Gasteiger partial charge >= 0.3 is 0 Å². The van der Waals surface area contributed by atoms with E-state index in [-0.39, 0.29) is 5.41 Å². The minimum absolute atomic E-state index is 0.134. The fourth-order valence-corrected chi connectivity index (χ4v) is 4.72. The maximum Gasteiger partial charge on any atom is 0.0187 e. The molecule has 1 heterocycles.